The van der Waals surface area contributed by atoms with Crippen LogP contribution in [0.3, 0.4) is 0 Å². The van der Waals surface area contributed by atoms with Gasteiger partial charge in [0.25, 0.3) is 0 Å². The summed E-state index contributed by atoms with van der Waals surface area (Å²) in [4.78, 5) is 17.9. The zero-order valence-corrected chi connectivity index (χ0v) is 13.8. The predicted octanol–water partition coefficient (Wildman–Crippen LogP) is 4.04. The molecule has 0 saturated heterocycles. The first-order valence-corrected chi connectivity index (χ1v) is 7.86. The molecule has 0 spiro atoms. The summed E-state index contributed by atoms with van der Waals surface area (Å²) in [5.74, 6) is -1.28. The van der Waals surface area contributed by atoms with Crippen LogP contribution in [0.2, 0.25) is 0 Å². The largest absolute Gasteiger partial charge is 0.331 e. The van der Waals surface area contributed by atoms with Crippen LogP contribution >= 0.6 is 0 Å². The number of carbonyl (C=O) groups excluding carboxylic acids is 1. The Kier molecular flexibility index (Phi) is 6.23. The van der Waals surface area contributed by atoms with Crippen molar-refractivity contribution in [2.75, 3.05) is 7.05 Å². The van der Waals surface area contributed by atoms with E-state index in [1.165, 1.54) is 17.0 Å². The Balaban J connectivity index is 2.07. The Labute approximate surface area is 140 Å². The molecule has 2 amide bonds. The van der Waals surface area contributed by atoms with Gasteiger partial charge >= 0.3 is 6.03 Å². The molecule has 24 heavy (non-hydrogen) atoms. The number of carbonyl (C=O) groups is 1. The fourth-order valence-electron chi connectivity index (χ4n) is 2.47. The fourth-order valence-corrected chi connectivity index (χ4v) is 2.47. The third kappa shape index (κ3) is 4.75. The van der Waals surface area contributed by atoms with Gasteiger partial charge in [0.15, 0.2) is 0 Å². The highest BCUT2D eigenvalue weighted by molar-refractivity contribution is 5.74. The van der Waals surface area contributed by atoms with E-state index in [0.717, 1.165) is 18.1 Å². The van der Waals surface area contributed by atoms with E-state index in [9.17, 15) is 13.6 Å². The van der Waals surface area contributed by atoms with Gasteiger partial charge in [0.05, 0.1) is 6.04 Å². The maximum atomic E-state index is 14.0. The monoisotopic (exact) mass is 333 g/mol. The molecular formula is C18H21F2N3O. The minimum Gasteiger partial charge on any atom is -0.331 e. The van der Waals surface area contributed by atoms with Gasteiger partial charge in [-0.2, -0.15) is 0 Å². The highest BCUT2D eigenvalue weighted by Gasteiger charge is 2.20. The maximum absolute atomic E-state index is 14.0. The van der Waals surface area contributed by atoms with Crippen LogP contribution in [0, 0.1) is 11.6 Å². The second-order valence-corrected chi connectivity index (χ2v) is 5.67. The molecular weight excluding hydrogens is 312 g/mol. The van der Waals surface area contributed by atoms with E-state index in [1.54, 1.807) is 25.5 Å². The molecule has 1 aromatic carbocycles. The molecule has 1 aromatic heterocycles. The van der Waals surface area contributed by atoms with E-state index >= 15 is 0 Å². The van der Waals surface area contributed by atoms with E-state index in [2.05, 4.69) is 10.3 Å². The van der Waals surface area contributed by atoms with E-state index in [-0.39, 0.29) is 6.03 Å². The summed E-state index contributed by atoms with van der Waals surface area (Å²) in [6.45, 7) is 2.34. The number of urea groups is 1. The van der Waals surface area contributed by atoms with E-state index in [1.807, 2.05) is 13.0 Å². The first-order valence-electron chi connectivity index (χ1n) is 7.86. The molecule has 0 aliphatic carbocycles. The lowest BCUT2D eigenvalue weighted by atomic mass is 10.0. The summed E-state index contributed by atoms with van der Waals surface area (Å²) >= 11 is 0. The average molecular weight is 333 g/mol. The van der Waals surface area contributed by atoms with Crippen LogP contribution in [0.25, 0.3) is 0 Å². The van der Waals surface area contributed by atoms with Crippen molar-refractivity contribution in [1.29, 1.82) is 0 Å². The number of halogens is 2. The third-order valence-corrected chi connectivity index (χ3v) is 3.70. The molecule has 1 unspecified atom stereocenters. The Morgan fingerprint density at radius 2 is 2.12 bits per heavy atom. The number of rotatable bonds is 6. The van der Waals surface area contributed by atoms with Gasteiger partial charge in [-0.05, 0) is 24.1 Å². The van der Waals surface area contributed by atoms with Gasteiger partial charge in [-0.3, -0.25) is 4.98 Å². The summed E-state index contributed by atoms with van der Waals surface area (Å²) in [6, 6.07) is 6.28. The van der Waals surface area contributed by atoms with Gasteiger partial charge < -0.3 is 10.2 Å². The molecule has 0 aliphatic heterocycles. The molecule has 2 rings (SSSR count). The topological polar surface area (TPSA) is 45.2 Å². The van der Waals surface area contributed by atoms with Crippen molar-refractivity contribution in [3.05, 3.63) is 65.5 Å². The highest BCUT2D eigenvalue weighted by Crippen LogP contribution is 2.22. The van der Waals surface area contributed by atoms with Crippen LogP contribution in [0.15, 0.2) is 42.7 Å². The lowest BCUT2D eigenvalue weighted by Crippen LogP contribution is -2.39. The molecule has 0 bridgehead atoms. The molecule has 0 radical (unpaired) electrons. The number of nitrogens with one attached hydrogen (secondary N) is 1. The molecule has 1 heterocycles. The second-order valence-electron chi connectivity index (χ2n) is 5.67. The van der Waals surface area contributed by atoms with E-state index in [0.29, 0.717) is 18.5 Å². The summed E-state index contributed by atoms with van der Waals surface area (Å²) in [6.07, 6.45) is 4.67. The van der Waals surface area contributed by atoms with Gasteiger partial charge in [-0.1, -0.05) is 25.5 Å². The van der Waals surface area contributed by atoms with Crippen LogP contribution in [0.5, 0.6) is 0 Å². The second kappa shape index (κ2) is 8.38. The average Bonchev–Trinajstić information content (AvgIpc) is 2.55. The van der Waals surface area contributed by atoms with Gasteiger partial charge in [0, 0.05) is 37.6 Å². The Bertz CT molecular complexity index is 679. The zero-order valence-electron chi connectivity index (χ0n) is 13.8. The molecule has 0 saturated carbocycles. The quantitative estimate of drug-likeness (QED) is 0.867. The molecule has 1 N–H and O–H groups in total. The van der Waals surface area contributed by atoms with Crippen LogP contribution in [0.4, 0.5) is 13.6 Å². The maximum Gasteiger partial charge on any atom is 0.317 e. The molecule has 0 fully saturated rings. The van der Waals surface area contributed by atoms with E-state index < -0.39 is 17.7 Å². The smallest absolute Gasteiger partial charge is 0.317 e. The van der Waals surface area contributed by atoms with Crippen molar-refractivity contribution in [1.82, 2.24) is 15.2 Å². The fraction of sp³-hybridized carbons (Fsp3) is 0.333. The van der Waals surface area contributed by atoms with Crippen molar-refractivity contribution in [3.63, 3.8) is 0 Å². The zero-order chi connectivity index (χ0) is 17.5. The number of aromatic nitrogens is 1. The Hall–Kier alpha value is -2.50. The van der Waals surface area contributed by atoms with Gasteiger partial charge in [-0.25, -0.2) is 13.6 Å². The summed E-state index contributed by atoms with van der Waals surface area (Å²) < 4.78 is 27.1. The van der Waals surface area contributed by atoms with Gasteiger partial charge in [0.1, 0.15) is 11.6 Å². The van der Waals surface area contributed by atoms with Crippen LogP contribution < -0.4 is 5.32 Å². The molecule has 4 nitrogen and oxygen atoms in total. The van der Waals surface area contributed by atoms with Gasteiger partial charge in [-0.15, -0.1) is 0 Å². The van der Waals surface area contributed by atoms with Crippen LogP contribution in [-0.2, 0) is 6.54 Å². The normalized spacial score (nSPS) is 11.8. The van der Waals surface area contributed by atoms with Crippen molar-refractivity contribution >= 4 is 6.03 Å². The first kappa shape index (κ1) is 17.8. The highest BCUT2D eigenvalue weighted by atomic mass is 19.1. The first-order chi connectivity index (χ1) is 11.5. The molecule has 2 aromatic rings. The SMILES string of the molecule is CCCC(NC(=O)N(C)Cc1cccnc1)c1ccc(F)cc1F. The van der Waals surface area contributed by atoms with E-state index in [4.69, 9.17) is 0 Å². The number of pyridine rings is 1. The number of amides is 2. The number of nitrogens with zero attached hydrogens (tertiary/aromatic N) is 2. The molecule has 1 atom stereocenters. The van der Waals surface area contributed by atoms with Gasteiger partial charge in [0.2, 0.25) is 0 Å². The number of benzene rings is 1. The van der Waals surface area contributed by atoms with Crippen molar-refractivity contribution in [2.45, 2.75) is 32.4 Å². The van der Waals surface area contributed by atoms with Crippen LogP contribution in [0.1, 0.15) is 36.9 Å². The predicted molar refractivity (Wildman–Crippen MR) is 88.2 cm³/mol. The summed E-state index contributed by atoms with van der Waals surface area (Å²) in [5.41, 5.74) is 1.19. The summed E-state index contributed by atoms with van der Waals surface area (Å²) in [5, 5.41) is 2.82. The van der Waals surface area contributed by atoms with Crippen LogP contribution in [-0.4, -0.2) is 23.0 Å². The lowest BCUT2D eigenvalue weighted by Gasteiger charge is -2.24. The Morgan fingerprint density at radius 1 is 1.33 bits per heavy atom. The minimum atomic E-state index is -0.649. The Morgan fingerprint density at radius 3 is 2.75 bits per heavy atom. The molecule has 128 valence electrons. The summed E-state index contributed by atoms with van der Waals surface area (Å²) in [7, 11) is 1.66. The van der Waals surface area contributed by atoms with Crippen molar-refractivity contribution < 1.29 is 13.6 Å². The number of hydrogen-bond acceptors (Lipinski definition) is 2. The molecule has 0 aliphatic rings. The minimum absolute atomic E-state index is 0.293. The number of hydrogen-bond donors (Lipinski definition) is 1. The van der Waals surface area contributed by atoms with Crippen molar-refractivity contribution in [2.24, 2.45) is 0 Å². The molecule has 6 heteroatoms. The standard InChI is InChI=1S/C18H21F2N3O/c1-3-5-17(15-8-7-14(19)10-16(15)20)22-18(24)23(2)12-13-6-4-9-21-11-13/h4,6-11,17H,3,5,12H2,1-2H3,(H,22,24). The lowest BCUT2D eigenvalue weighted by molar-refractivity contribution is 0.201. The third-order valence-electron chi connectivity index (χ3n) is 3.70. The van der Waals surface area contributed by atoms with Crippen molar-refractivity contribution in [3.8, 4) is 0 Å².